The number of benzene rings is 1. The Labute approximate surface area is 155 Å². The Morgan fingerprint density at radius 3 is 2.88 bits per heavy atom. The van der Waals surface area contributed by atoms with Crippen molar-refractivity contribution in [3.8, 4) is 0 Å². The van der Waals surface area contributed by atoms with E-state index in [2.05, 4.69) is 26.2 Å². The van der Waals surface area contributed by atoms with Gasteiger partial charge >= 0.3 is 0 Å². The molecule has 124 valence electrons. The lowest BCUT2D eigenvalue weighted by molar-refractivity contribution is 0.103. The molecule has 1 amide bonds. The topological polar surface area (TPSA) is 63.5 Å². The molecule has 0 fully saturated rings. The van der Waals surface area contributed by atoms with Crippen molar-refractivity contribution in [2.75, 3.05) is 5.32 Å². The van der Waals surface area contributed by atoms with Gasteiger partial charge in [0, 0.05) is 16.4 Å². The molecular formula is C18H12BrN3O2S. The minimum atomic E-state index is -0.252. The molecule has 0 aliphatic carbocycles. The van der Waals surface area contributed by atoms with Crippen LogP contribution in [0.25, 0.3) is 15.9 Å². The number of rotatable bonds is 2. The van der Waals surface area contributed by atoms with Crippen LogP contribution in [0.5, 0.6) is 0 Å². The van der Waals surface area contributed by atoms with Crippen LogP contribution < -0.4 is 10.9 Å². The minimum absolute atomic E-state index is 0.171. The molecule has 0 saturated heterocycles. The van der Waals surface area contributed by atoms with Crippen LogP contribution in [0.4, 0.5) is 5.69 Å². The van der Waals surface area contributed by atoms with Crippen LogP contribution in [0.2, 0.25) is 0 Å². The van der Waals surface area contributed by atoms with E-state index in [1.807, 2.05) is 31.2 Å². The summed E-state index contributed by atoms with van der Waals surface area (Å²) in [4.78, 5) is 30.6. The van der Waals surface area contributed by atoms with E-state index in [9.17, 15) is 9.59 Å². The molecule has 4 rings (SSSR count). The molecule has 7 heteroatoms. The Morgan fingerprint density at radius 2 is 2.08 bits per heavy atom. The molecule has 0 saturated carbocycles. The van der Waals surface area contributed by atoms with Gasteiger partial charge in [-0.1, -0.05) is 22.0 Å². The lowest BCUT2D eigenvalue weighted by atomic mass is 10.2. The smallest absolute Gasteiger partial charge is 0.266 e. The molecule has 1 aromatic carbocycles. The lowest BCUT2D eigenvalue weighted by Gasteiger charge is -2.05. The monoisotopic (exact) mass is 413 g/mol. The molecule has 0 spiro atoms. The third kappa shape index (κ3) is 2.85. The predicted octanol–water partition coefficient (Wildman–Crippen LogP) is 4.23. The molecule has 0 unspecified atom stereocenters. The van der Waals surface area contributed by atoms with E-state index in [-0.39, 0.29) is 11.5 Å². The zero-order valence-corrected chi connectivity index (χ0v) is 15.5. The van der Waals surface area contributed by atoms with Crippen LogP contribution in [-0.4, -0.2) is 15.3 Å². The van der Waals surface area contributed by atoms with Gasteiger partial charge in [-0.3, -0.25) is 14.0 Å². The zero-order valence-electron chi connectivity index (χ0n) is 13.1. The van der Waals surface area contributed by atoms with Crippen molar-refractivity contribution in [3.05, 3.63) is 73.9 Å². The fourth-order valence-corrected chi connectivity index (χ4v) is 3.75. The number of nitrogens with zero attached hydrogens (tertiary/aromatic N) is 2. The van der Waals surface area contributed by atoms with Crippen molar-refractivity contribution in [2.45, 2.75) is 6.92 Å². The largest absolute Gasteiger partial charge is 0.321 e. The van der Waals surface area contributed by atoms with Gasteiger partial charge < -0.3 is 5.32 Å². The predicted molar refractivity (Wildman–Crippen MR) is 104 cm³/mol. The maximum Gasteiger partial charge on any atom is 0.266 e. The number of carbonyl (C=O) groups excluding carboxylic acids is 1. The van der Waals surface area contributed by atoms with Crippen LogP contribution in [0.3, 0.4) is 0 Å². The van der Waals surface area contributed by atoms with Crippen LogP contribution in [0.15, 0.2) is 57.9 Å². The van der Waals surface area contributed by atoms with Gasteiger partial charge in [0.05, 0.1) is 10.3 Å². The quantitative estimate of drug-likeness (QED) is 0.534. The van der Waals surface area contributed by atoms with Gasteiger partial charge in [0.15, 0.2) is 0 Å². The number of anilines is 1. The van der Waals surface area contributed by atoms with Crippen molar-refractivity contribution < 1.29 is 4.79 Å². The highest BCUT2D eigenvalue weighted by Crippen LogP contribution is 2.24. The highest BCUT2D eigenvalue weighted by atomic mass is 79.9. The first-order valence-electron chi connectivity index (χ1n) is 7.51. The Kier molecular flexibility index (Phi) is 3.89. The highest BCUT2D eigenvalue weighted by molar-refractivity contribution is 9.10. The second-order valence-electron chi connectivity index (χ2n) is 5.59. The van der Waals surface area contributed by atoms with Gasteiger partial charge in [-0.2, -0.15) is 0 Å². The van der Waals surface area contributed by atoms with Crippen LogP contribution in [0.1, 0.15) is 15.2 Å². The van der Waals surface area contributed by atoms with Gasteiger partial charge in [0.25, 0.3) is 11.5 Å². The lowest BCUT2D eigenvalue weighted by Crippen LogP contribution is -2.13. The second kappa shape index (κ2) is 6.09. The SMILES string of the molecule is Cc1cc(NC(=O)c2cc3c(=O)n4ccccc4nc3s2)ccc1Br. The number of fused-ring (bicyclic) bond motifs is 2. The minimum Gasteiger partial charge on any atom is -0.321 e. The number of pyridine rings is 1. The first-order chi connectivity index (χ1) is 12.0. The molecule has 3 aromatic heterocycles. The molecule has 0 aliphatic rings. The number of carbonyl (C=O) groups is 1. The summed E-state index contributed by atoms with van der Waals surface area (Å²) in [6.45, 7) is 1.95. The molecule has 4 aromatic rings. The summed E-state index contributed by atoms with van der Waals surface area (Å²) in [6.07, 6.45) is 1.67. The molecule has 5 nitrogen and oxygen atoms in total. The van der Waals surface area contributed by atoms with E-state index in [4.69, 9.17) is 0 Å². The number of aromatic nitrogens is 2. The van der Waals surface area contributed by atoms with E-state index in [1.165, 1.54) is 15.7 Å². The molecule has 3 heterocycles. The summed E-state index contributed by atoms with van der Waals surface area (Å²) in [5, 5.41) is 3.31. The number of nitrogens with one attached hydrogen (secondary N) is 1. The summed E-state index contributed by atoms with van der Waals surface area (Å²) in [6, 6.07) is 12.6. The molecule has 0 bridgehead atoms. The standard InChI is InChI=1S/C18H12BrN3O2S/c1-10-8-11(5-6-13(10)19)20-16(23)14-9-12-17(25-14)21-15-4-2-3-7-22(15)18(12)24/h2-9H,1H3,(H,20,23). The Hall–Kier alpha value is -2.51. The first-order valence-corrected chi connectivity index (χ1v) is 9.12. The third-order valence-corrected chi connectivity index (χ3v) is 5.77. The number of hydrogen-bond donors (Lipinski definition) is 1. The summed E-state index contributed by atoms with van der Waals surface area (Å²) in [5.74, 6) is -0.252. The Balaban J connectivity index is 1.74. The van der Waals surface area contributed by atoms with Crippen LogP contribution >= 0.6 is 27.3 Å². The van der Waals surface area contributed by atoms with Crippen molar-refractivity contribution in [1.82, 2.24) is 9.38 Å². The van der Waals surface area contributed by atoms with Crippen molar-refractivity contribution in [3.63, 3.8) is 0 Å². The van der Waals surface area contributed by atoms with Gasteiger partial charge in [0.2, 0.25) is 0 Å². The number of aryl methyl sites for hydroxylation is 1. The van der Waals surface area contributed by atoms with Crippen molar-refractivity contribution in [2.24, 2.45) is 0 Å². The molecule has 1 N–H and O–H groups in total. The summed E-state index contributed by atoms with van der Waals surface area (Å²) >= 11 is 4.65. The van der Waals surface area contributed by atoms with Crippen LogP contribution in [0, 0.1) is 6.92 Å². The van der Waals surface area contributed by atoms with Crippen molar-refractivity contribution in [1.29, 1.82) is 0 Å². The van der Waals surface area contributed by atoms with E-state index >= 15 is 0 Å². The fraction of sp³-hybridized carbons (Fsp3) is 0.0556. The molecular weight excluding hydrogens is 402 g/mol. The summed E-state index contributed by atoms with van der Waals surface area (Å²) < 4.78 is 2.46. The zero-order chi connectivity index (χ0) is 17.6. The third-order valence-electron chi connectivity index (χ3n) is 3.86. The number of halogens is 1. The normalized spacial score (nSPS) is 11.1. The van der Waals surface area contributed by atoms with Gasteiger partial charge in [0.1, 0.15) is 10.5 Å². The van der Waals surface area contributed by atoms with E-state index in [1.54, 1.807) is 24.4 Å². The van der Waals surface area contributed by atoms with Gasteiger partial charge in [-0.25, -0.2) is 4.98 Å². The van der Waals surface area contributed by atoms with E-state index in [0.717, 1.165) is 10.0 Å². The van der Waals surface area contributed by atoms with Crippen LogP contribution in [-0.2, 0) is 0 Å². The van der Waals surface area contributed by atoms with E-state index < -0.39 is 0 Å². The summed E-state index contributed by atoms with van der Waals surface area (Å²) in [7, 11) is 0. The van der Waals surface area contributed by atoms with Gasteiger partial charge in [-0.05, 0) is 48.9 Å². The maximum atomic E-state index is 12.6. The first kappa shape index (κ1) is 16.0. The molecule has 0 radical (unpaired) electrons. The molecule has 0 aliphatic heterocycles. The number of hydrogen-bond acceptors (Lipinski definition) is 4. The molecule has 25 heavy (non-hydrogen) atoms. The second-order valence-corrected chi connectivity index (χ2v) is 7.48. The average molecular weight is 414 g/mol. The van der Waals surface area contributed by atoms with Crippen molar-refractivity contribution >= 4 is 54.7 Å². The highest BCUT2D eigenvalue weighted by Gasteiger charge is 2.15. The number of amides is 1. The molecule has 0 atom stereocenters. The fourth-order valence-electron chi connectivity index (χ4n) is 2.58. The Bertz CT molecular complexity index is 1200. The van der Waals surface area contributed by atoms with E-state index in [0.29, 0.717) is 26.4 Å². The summed E-state index contributed by atoms with van der Waals surface area (Å²) in [5.41, 5.74) is 2.13. The maximum absolute atomic E-state index is 12.6. The van der Waals surface area contributed by atoms with Gasteiger partial charge in [-0.15, -0.1) is 11.3 Å². The number of thiophene rings is 1. The average Bonchev–Trinajstić information content (AvgIpc) is 3.03. The Morgan fingerprint density at radius 1 is 1.24 bits per heavy atom.